The van der Waals surface area contributed by atoms with Crippen molar-refractivity contribution in [2.24, 2.45) is 0 Å². The average molecular weight is 442 g/mol. The van der Waals surface area contributed by atoms with Crippen LogP contribution in [0.5, 0.6) is 0 Å². The van der Waals surface area contributed by atoms with E-state index in [9.17, 15) is 5.11 Å². The molecule has 0 amide bonds. The number of piperidine rings is 1. The van der Waals surface area contributed by atoms with E-state index in [1.165, 1.54) is 18.4 Å². The summed E-state index contributed by atoms with van der Waals surface area (Å²) in [5.41, 5.74) is 2.98. The number of aliphatic hydroxyl groups is 1. The molecule has 3 fully saturated rings. The van der Waals surface area contributed by atoms with Crippen LogP contribution in [0.15, 0.2) is 30.7 Å². The van der Waals surface area contributed by atoms with E-state index in [4.69, 9.17) is 16.3 Å². The molecule has 2 aliphatic heterocycles. The third kappa shape index (κ3) is 3.30. The summed E-state index contributed by atoms with van der Waals surface area (Å²) in [6.45, 7) is 5.01. The molecule has 8 heteroatoms. The molecular formula is C23H28ClN5O2. The molecule has 0 bridgehead atoms. The van der Waals surface area contributed by atoms with Crippen molar-refractivity contribution >= 4 is 22.5 Å². The zero-order chi connectivity index (χ0) is 21.2. The number of hydrogen-bond acceptors (Lipinski definition) is 5. The van der Waals surface area contributed by atoms with Gasteiger partial charge in [0.2, 0.25) is 0 Å². The van der Waals surface area contributed by atoms with E-state index < -0.39 is 6.10 Å². The second kappa shape index (κ2) is 7.30. The van der Waals surface area contributed by atoms with Gasteiger partial charge in [0.25, 0.3) is 0 Å². The van der Waals surface area contributed by atoms with Crippen molar-refractivity contribution in [3.05, 3.63) is 41.3 Å². The number of fused-ring (bicyclic) bond motifs is 1. The molecule has 1 aromatic carbocycles. The standard InChI is InChI=1S/C23H28ClN5O2/c1-23(14-31-13-22(23)30)27-6-4-15(5-7-27)19-9-21-16(8-20(19)24)10-26-29(21)18-11-25-28(12-18)17-2-3-17/h8-12,15,17,22,30H,2-7,13-14H2,1H3/t22-,23-/m1/s1. The maximum atomic E-state index is 10.4. The Balaban J connectivity index is 1.26. The first kappa shape index (κ1) is 19.7. The number of aromatic nitrogens is 4. The van der Waals surface area contributed by atoms with Gasteiger partial charge in [-0.05, 0) is 69.3 Å². The lowest BCUT2D eigenvalue weighted by molar-refractivity contribution is -0.00211. The third-order valence-electron chi connectivity index (χ3n) is 7.48. The lowest BCUT2D eigenvalue weighted by Crippen LogP contribution is -2.56. The normalized spacial score (nSPS) is 28.0. The van der Waals surface area contributed by atoms with Gasteiger partial charge in [-0.2, -0.15) is 10.2 Å². The van der Waals surface area contributed by atoms with E-state index in [-0.39, 0.29) is 5.54 Å². The zero-order valence-corrected chi connectivity index (χ0v) is 18.5. The first-order valence-electron chi connectivity index (χ1n) is 11.3. The summed E-state index contributed by atoms with van der Waals surface area (Å²) in [4.78, 5) is 2.39. The number of halogens is 1. The Kier molecular flexibility index (Phi) is 4.65. The number of aliphatic hydroxyl groups excluding tert-OH is 1. The van der Waals surface area contributed by atoms with Gasteiger partial charge in [0.15, 0.2) is 0 Å². The Bertz CT molecular complexity index is 1110. The van der Waals surface area contributed by atoms with Crippen molar-refractivity contribution in [3.8, 4) is 5.69 Å². The monoisotopic (exact) mass is 441 g/mol. The van der Waals surface area contributed by atoms with E-state index in [1.54, 1.807) is 0 Å². The van der Waals surface area contributed by atoms with Crippen molar-refractivity contribution in [2.45, 2.75) is 56.2 Å². The minimum atomic E-state index is -0.421. The summed E-state index contributed by atoms with van der Waals surface area (Å²) in [6, 6.07) is 4.81. The van der Waals surface area contributed by atoms with Crippen LogP contribution in [0.2, 0.25) is 5.02 Å². The van der Waals surface area contributed by atoms with Gasteiger partial charge in [-0.25, -0.2) is 4.68 Å². The molecule has 0 radical (unpaired) electrons. The molecular weight excluding hydrogens is 414 g/mol. The molecule has 1 saturated carbocycles. The summed E-state index contributed by atoms with van der Waals surface area (Å²) >= 11 is 6.73. The minimum absolute atomic E-state index is 0.279. The van der Waals surface area contributed by atoms with Gasteiger partial charge in [0, 0.05) is 10.4 Å². The maximum absolute atomic E-state index is 10.4. The van der Waals surface area contributed by atoms with Crippen LogP contribution >= 0.6 is 11.6 Å². The van der Waals surface area contributed by atoms with E-state index in [2.05, 4.69) is 39.0 Å². The number of hydrogen-bond donors (Lipinski definition) is 1. The fraction of sp³-hybridized carbons (Fsp3) is 0.565. The molecule has 2 aromatic heterocycles. The Morgan fingerprint density at radius 3 is 2.65 bits per heavy atom. The van der Waals surface area contributed by atoms with Crippen LogP contribution in [0.1, 0.15) is 50.1 Å². The largest absolute Gasteiger partial charge is 0.389 e. The fourth-order valence-electron chi connectivity index (χ4n) is 5.21. The summed E-state index contributed by atoms with van der Waals surface area (Å²) in [6.07, 6.45) is 9.89. The molecule has 0 unspecified atom stereocenters. The number of ether oxygens (including phenoxy) is 1. The van der Waals surface area contributed by atoms with Gasteiger partial charge >= 0.3 is 0 Å². The molecule has 3 aromatic rings. The van der Waals surface area contributed by atoms with Crippen LogP contribution in [0, 0.1) is 0 Å². The quantitative estimate of drug-likeness (QED) is 0.670. The molecule has 0 spiro atoms. The van der Waals surface area contributed by atoms with Crippen molar-refractivity contribution in [1.82, 2.24) is 24.5 Å². The van der Waals surface area contributed by atoms with Crippen LogP contribution in [0.25, 0.3) is 16.6 Å². The summed E-state index contributed by atoms with van der Waals surface area (Å²) in [7, 11) is 0. The van der Waals surface area contributed by atoms with Gasteiger partial charge in [-0.15, -0.1) is 0 Å². The molecule has 2 saturated heterocycles. The van der Waals surface area contributed by atoms with E-state index in [0.717, 1.165) is 47.5 Å². The van der Waals surface area contributed by atoms with Crippen LogP contribution in [-0.4, -0.2) is 67.5 Å². The second-order valence-corrected chi connectivity index (χ2v) is 9.96. The molecule has 4 heterocycles. The first-order valence-corrected chi connectivity index (χ1v) is 11.6. The van der Waals surface area contributed by atoms with Crippen LogP contribution in [0.3, 0.4) is 0 Å². The van der Waals surface area contributed by atoms with Crippen LogP contribution in [-0.2, 0) is 4.74 Å². The highest BCUT2D eigenvalue weighted by molar-refractivity contribution is 6.32. The van der Waals surface area contributed by atoms with Gasteiger partial charge in [0.1, 0.15) is 5.69 Å². The molecule has 7 nitrogen and oxygen atoms in total. The second-order valence-electron chi connectivity index (χ2n) is 9.55. The SMILES string of the molecule is C[C@@]1(N2CCC(c3cc4c(cnn4-c4cnn(C5CC5)c4)cc3Cl)CC2)COC[C@H]1O. The van der Waals surface area contributed by atoms with Crippen molar-refractivity contribution in [2.75, 3.05) is 26.3 Å². The minimum Gasteiger partial charge on any atom is -0.389 e. The molecule has 3 aliphatic rings. The lowest BCUT2D eigenvalue weighted by atomic mass is 9.85. The molecule has 2 atom stereocenters. The Labute approximate surface area is 186 Å². The Hall–Kier alpha value is -1.93. The summed E-state index contributed by atoms with van der Waals surface area (Å²) in [5, 5.41) is 21.4. The highest BCUT2D eigenvalue weighted by Gasteiger charge is 2.45. The van der Waals surface area contributed by atoms with Crippen LogP contribution < -0.4 is 0 Å². The molecule has 1 N–H and O–H groups in total. The van der Waals surface area contributed by atoms with Gasteiger partial charge in [-0.3, -0.25) is 9.58 Å². The fourth-order valence-corrected chi connectivity index (χ4v) is 5.54. The summed E-state index contributed by atoms with van der Waals surface area (Å²) < 4.78 is 9.57. The highest BCUT2D eigenvalue weighted by Crippen LogP contribution is 2.39. The number of rotatable bonds is 4. The van der Waals surface area contributed by atoms with Gasteiger partial charge in [0.05, 0.1) is 55.0 Å². The zero-order valence-electron chi connectivity index (χ0n) is 17.7. The molecule has 31 heavy (non-hydrogen) atoms. The molecule has 1 aliphatic carbocycles. The maximum Gasteiger partial charge on any atom is 0.103 e. The first-order chi connectivity index (χ1) is 15.0. The van der Waals surface area contributed by atoms with Gasteiger partial charge < -0.3 is 9.84 Å². The van der Waals surface area contributed by atoms with Gasteiger partial charge in [-0.1, -0.05) is 11.6 Å². The van der Waals surface area contributed by atoms with Crippen molar-refractivity contribution in [3.63, 3.8) is 0 Å². The van der Waals surface area contributed by atoms with E-state index in [0.29, 0.717) is 25.2 Å². The Morgan fingerprint density at radius 1 is 1.13 bits per heavy atom. The Morgan fingerprint density at radius 2 is 1.94 bits per heavy atom. The van der Waals surface area contributed by atoms with Crippen molar-refractivity contribution in [1.29, 1.82) is 0 Å². The molecule has 6 rings (SSSR count). The summed E-state index contributed by atoms with van der Waals surface area (Å²) in [5.74, 6) is 0.397. The predicted molar refractivity (Wildman–Crippen MR) is 119 cm³/mol. The molecule has 164 valence electrons. The number of benzene rings is 1. The van der Waals surface area contributed by atoms with Crippen LogP contribution in [0.4, 0.5) is 0 Å². The van der Waals surface area contributed by atoms with E-state index in [1.807, 2.05) is 23.1 Å². The average Bonchev–Trinajstić information content (AvgIpc) is 3.20. The highest BCUT2D eigenvalue weighted by atomic mass is 35.5. The lowest BCUT2D eigenvalue weighted by Gasteiger charge is -2.43. The van der Waals surface area contributed by atoms with Crippen molar-refractivity contribution < 1.29 is 9.84 Å². The van der Waals surface area contributed by atoms with E-state index >= 15 is 0 Å². The predicted octanol–water partition coefficient (Wildman–Crippen LogP) is 3.54. The smallest absolute Gasteiger partial charge is 0.103 e. The number of likely N-dealkylation sites (tertiary alicyclic amines) is 1. The topological polar surface area (TPSA) is 68.3 Å². The number of nitrogens with zero attached hydrogens (tertiary/aromatic N) is 5. The third-order valence-corrected chi connectivity index (χ3v) is 7.81.